The predicted octanol–water partition coefficient (Wildman–Crippen LogP) is 2.30. The van der Waals surface area contributed by atoms with Crippen LogP contribution >= 0.6 is 0 Å². The summed E-state index contributed by atoms with van der Waals surface area (Å²) >= 11 is 0. The maximum absolute atomic E-state index is 11.9. The molecule has 0 saturated heterocycles. The standard InChI is InChI=1S/C17H22N2O4/c1-5-22-16(21)13-6-8-14(9-7-13)23-10-15(20)19-17(4,11-18)12(2)3/h6-9,12H,5,10H2,1-4H3,(H,19,20)/t17-/m0/s1. The molecule has 0 aromatic heterocycles. The quantitative estimate of drug-likeness (QED) is 0.779. The third-order valence-electron chi connectivity index (χ3n) is 3.52. The van der Waals surface area contributed by atoms with E-state index in [0.717, 1.165) is 0 Å². The van der Waals surface area contributed by atoms with E-state index in [1.807, 2.05) is 13.8 Å². The minimum atomic E-state index is -0.936. The molecule has 1 aromatic carbocycles. The first kappa shape index (κ1) is 18.5. The molecule has 1 rings (SSSR count). The largest absolute Gasteiger partial charge is 0.484 e. The summed E-state index contributed by atoms with van der Waals surface area (Å²) in [7, 11) is 0. The predicted molar refractivity (Wildman–Crippen MR) is 84.9 cm³/mol. The summed E-state index contributed by atoms with van der Waals surface area (Å²) in [6.07, 6.45) is 0. The first-order chi connectivity index (χ1) is 10.8. The van der Waals surface area contributed by atoms with Gasteiger partial charge in [0.2, 0.25) is 0 Å². The SMILES string of the molecule is CCOC(=O)c1ccc(OCC(=O)N[C@@](C)(C#N)C(C)C)cc1. The fraction of sp³-hybridized carbons (Fsp3) is 0.471. The number of amides is 1. The fourth-order valence-corrected chi connectivity index (χ4v) is 1.68. The van der Waals surface area contributed by atoms with Crippen molar-refractivity contribution in [3.8, 4) is 11.8 Å². The lowest BCUT2D eigenvalue weighted by atomic mass is 9.90. The van der Waals surface area contributed by atoms with E-state index in [9.17, 15) is 9.59 Å². The van der Waals surface area contributed by atoms with Crippen molar-refractivity contribution in [1.82, 2.24) is 5.32 Å². The molecule has 1 atom stereocenters. The minimum Gasteiger partial charge on any atom is -0.484 e. The monoisotopic (exact) mass is 318 g/mol. The van der Waals surface area contributed by atoms with Gasteiger partial charge in [-0.25, -0.2) is 4.79 Å². The summed E-state index contributed by atoms with van der Waals surface area (Å²) in [6, 6.07) is 8.41. The van der Waals surface area contributed by atoms with Gasteiger partial charge in [0.05, 0.1) is 18.2 Å². The number of hydrogen-bond acceptors (Lipinski definition) is 5. The van der Waals surface area contributed by atoms with Gasteiger partial charge in [0.25, 0.3) is 5.91 Å². The molecular weight excluding hydrogens is 296 g/mol. The van der Waals surface area contributed by atoms with Crippen molar-refractivity contribution in [2.45, 2.75) is 33.2 Å². The Hall–Kier alpha value is -2.55. The van der Waals surface area contributed by atoms with Gasteiger partial charge >= 0.3 is 5.97 Å². The highest BCUT2D eigenvalue weighted by Gasteiger charge is 2.29. The Morgan fingerprint density at radius 2 is 1.91 bits per heavy atom. The molecule has 0 aliphatic rings. The number of carbonyl (C=O) groups excluding carboxylic acids is 2. The molecule has 0 aliphatic carbocycles. The first-order valence-electron chi connectivity index (χ1n) is 7.44. The number of carbonyl (C=O) groups is 2. The van der Waals surface area contributed by atoms with Gasteiger partial charge in [-0.05, 0) is 44.0 Å². The van der Waals surface area contributed by atoms with E-state index in [1.165, 1.54) is 0 Å². The molecule has 1 aromatic rings. The van der Waals surface area contributed by atoms with Gasteiger partial charge in [-0.3, -0.25) is 4.79 Å². The molecule has 0 bridgehead atoms. The van der Waals surface area contributed by atoms with E-state index in [1.54, 1.807) is 38.1 Å². The lowest BCUT2D eigenvalue weighted by Gasteiger charge is -2.27. The molecule has 0 heterocycles. The van der Waals surface area contributed by atoms with Gasteiger partial charge < -0.3 is 14.8 Å². The van der Waals surface area contributed by atoms with Crippen LogP contribution in [0.15, 0.2) is 24.3 Å². The maximum atomic E-state index is 11.9. The normalized spacial score (nSPS) is 12.9. The number of nitrogens with one attached hydrogen (secondary N) is 1. The summed E-state index contributed by atoms with van der Waals surface area (Å²) in [5.74, 6) is -0.354. The minimum absolute atomic E-state index is 0.0275. The van der Waals surface area contributed by atoms with Gasteiger partial charge in [-0.2, -0.15) is 5.26 Å². The molecule has 0 spiro atoms. The first-order valence-corrected chi connectivity index (χ1v) is 7.44. The second-order valence-electron chi connectivity index (χ2n) is 5.55. The van der Waals surface area contributed by atoms with E-state index < -0.39 is 11.5 Å². The van der Waals surface area contributed by atoms with Crippen LogP contribution in [0.5, 0.6) is 5.75 Å². The van der Waals surface area contributed by atoms with Crippen LogP contribution in [0.2, 0.25) is 0 Å². The van der Waals surface area contributed by atoms with E-state index in [2.05, 4.69) is 11.4 Å². The van der Waals surface area contributed by atoms with Crippen molar-refractivity contribution < 1.29 is 19.1 Å². The van der Waals surface area contributed by atoms with Crippen LogP contribution in [0.3, 0.4) is 0 Å². The van der Waals surface area contributed by atoms with Gasteiger partial charge in [0, 0.05) is 0 Å². The van der Waals surface area contributed by atoms with Crippen LogP contribution in [0.25, 0.3) is 0 Å². The lowest BCUT2D eigenvalue weighted by Crippen LogP contribution is -2.50. The summed E-state index contributed by atoms with van der Waals surface area (Å²) in [5.41, 5.74) is -0.519. The second kappa shape index (κ2) is 8.18. The van der Waals surface area contributed by atoms with Gasteiger partial charge in [0.1, 0.15) is 11.3 Å². The molecular formula is C17H22N2O4. The molecule has 0 radical (unpaired) electrons. The zero-order chi connectivity index (χ0) is 17.5. The van der Waals surface area contributed by atoms with Crippen molar-refractivity contribution in [1.29, 1.82) is 5.26 Å². The Labute approximate surface area is 136 Å². The van der Waals surface area contributed by atoms with Crippen LogP contribution in [0.4, 0.5) is 0 Å². The van der Waals surface area contributed by atoms with Gasteiger partial charge in [-0.1, -0.05) is 13.8 Å². The third kappa shape index (κ3) is 5.29. The average molecular weight is 318 g/mol. The van der Waals surface area contributed by atoms with E-state index in [-0.39, 0.29) is 18.4 Å². The molecule has 1 N–H and O–H groups in total. The fourth-order valence-electron chi connectivity index (χ4n) is 1.68. The van der Waals surface area contributed by atoms with Crippen LogP contribution in [-0.4, -0.2) is 30.6 Å². The Bertz CT molecular complexity index is 590. The van der Waals surface area contributed by atoms with Crippen molar-refractivity contribution in [3.05, 3.63) is 29.8 Å². The Balaban J connectivity index is 2.57. The van der Waals surface area contributed by atoms with Crippen molar-refractivity contribution in [3.63, 3.8) is 0 Å². The van der Waals surface area contributed by atoms with Crippen molar-refractivity contribution in [2.24, 2.45) is 5.92 Å². The number of nitriles is 1. The molecule has 6 nitrogen and oxygen atoms in total. The van der Waals surface area contributed by atoms with Gasteiger partial charge in [0.15, 0.2) is 6.61 Å². The molecule has 0 fully saturated rings. The Morgan fingerprint density at radius 1 is 1.30 bits per heavy atom. The summed E-state index contributed by atoms with van der Waals surface area (Å²) in [6.45, 7) is 7.23. The number of ether oxygens (including phenoxy) is 2. The van der Waals surface area contributed by atoms with E-state index >= 15 is 0 Å². The molecule has 0 saturated carbocycles. The molecule has 0 aliphatic heterocycles. The third-order valence-corrected chi connectivity index (χ3v) is 3.52. The number of esters is 1. The zero-order valence-corrected chi connectivity index (χ0v) is 13.9. The van der Waals surface area contributed by atoms with Crippen molar-refractivity contribution in [2.75, 3.05) is 13.2 Å². The number of rotatable bonds is 7. The molecule has 6 heteroatoms. The summed E-state index contributed by atoms with van der Waals surface area (Å²) in [4.78, 5) is 23.4. The van der Waals surface area contributed by atoms with Crippen LogP contribution in [0.1, 0.15) is 38.1 Å². The highest BCUT2D eigenvalue weighted by molar-refractivity contribution is 5.89. The summed E-state index contributed by atoms with van der Waals surface area (Å²) < 4.78 is 10.2. The Morgan fingerprint density at radius 3 is 2.39 bits per heavy atom. The molecule has 124 valence electrons. The summed E-state index contributed by atoms with van der Waals surface area (Å²) in [5, 5.41) is 11.8. The maximum Gasteiger partial charge on any atom is 0.338 e. The molecule has 1 amide bonds. The van der Waals surface area contributed by atoms with Crippen LogP contribution in [-0.2, 0) is 9.53 Å². The van der Waals surface area contributed by atoms with E-state index in [4.69, 9.17) is 14.7 Å². The number of benzene rings is 1. The van der Waals surface area contributed by atoms with Crippen LogP contribution < -0.4 is 10.1 Å². The Kier molecular flexibility index (Phi) is 6.58. The second-order valence-corrected chi connectivity index (χ2v) is 5.55. The number of nitrogens with zero attached hydrogens (tertiary/aromatic N) is 1. The topological polar surface area (TPSA) is 88.4 Å². The highest BCUT2D eigenvalue weighted by Crippen LogP contribution is 2.16. The molecule has 23 heavy (non-hydrogen) atoms. The average Bonchev–Trinajstić information content (AvgIpc) is 2.53. The van der Waals surface area contributed by atoms with Crippen molar-refractivity contribution >= 4 is 11.9 Å². The smallest absolute Gasteiger partial charge is 0.338 e. The van der Waals surface area contributed by atoms with Gasteiger partial charge in [-0.15, -0.1) is 0 Å². The van der Waals surface area contributed by atoms with E-state index in [0.29, 0.717) is 17.9 Å². The number of hydrogen-bond donors (Lipinski definition) is 1. The highest BCUT2D eigenvalue weighted by atomic mass is 16.5. The molecule has 0 unspecified atom stereocenters. The lowest BCUT2D eigenvalue weighted by molar-refractivity contribution is -0.124. The zero-order valence-electron chi connectivity index (χ0n) is 13.9. The van der Waals surface area contributed by atoms with Crippen LogP contribution in [0, 0.1) is 17.2 Å².